The summed E-state index contributed by atoms with van der Waals surface area (Å²) in [6.45, 7) is 0. The molecule has 0 saturated carbocycles. The number of hydrogen-bond donors (Lipinski definition) is 1. The molecule has 0 aliphatic carbocycles. The summed E-state index contributed by atoms with van der Waals surface area (Å²) in [5.74, 6) is 0.624. The van der Waals surface area contributed by atoms with Crippen LogP contribution in [0.1, 0.15) is 10.4 Å². The van der Waals surface area contributed by atoms with Gasteiger partial charge < -0.3 is 10.1 Å². The second-order valence-corrected chi connectivity index (χ2v) is 5.01. The highest BCUT2D eigenvalue weighted by Gasteiger charge is 2.13. The fraction of sp³-hybridized carbons (Fsp3) is 0.0769. The zero-order valence-corrected chi connectivity index (χ0v) is 12.3. The van der Waals surface area contributed by atoms with Crippen molar-refractivity contribution < 1.29 is 9.53 Å². The molecule has 6 heteroatoms. The minimum Gasteiger partial charge on any atom is -0.496 e. The van der Waals surface area contributed by atoms with E-state index in [-0.39, 0.29) is 5.91 Å². The van der Waals surface area contributed by atoms with E-state index in [4.69, 9.17) is 16.3 Å². The second kappa shape index (κ2) is 6.04. The van der Waals surface area contributed by atoms with Crippen LogP contribution >= 0.6 is 27.5 Å². The molecule has 2 aromatic rings. The van der Waals surface area contributed by atoms with Gasteiger partial charge in [0.2, 0.25) is 0 Å². The minimum absolute atomic E-state index is 0.292. The molecule has 19 heavy (non-hydrogen) atoms. The number of ether oxygens (including phenoxy) is 1. The third-order valence-electron chi connectivity index (χ3n) is 2.38. The van der Waals surface area contributed by atoms with Gasteiger partial charge in [-0.15, -0.1) is 0 Å². The number of nitrogens with one attached hydrogen (secondary N) is 1. The highest BCUT2D eigenvalue weighted by atomic mass is 79.9. The van der Waals surface area contributed by atoms with Crippen LogP contribution in [0.4, 0.5) is 5.82 Å². The van der Waals surface area contributed by atoms with Gasteiger partial charge in [0.1, 0.15) is 11.6 Å². The Kier molecular flexibility index (Phi) is 4.39. The monoisotopic (exact) mass is 340 g/mol. The fourth-order valence-corrected chi connectivity index (χ4v) is 1.94. The number of nitrogens with zero attached hydrogens (tertiary/aromatic N) is 1. The number of methoxy groups -OCH3 is 1. The molecule has 2 rings (SSSR count). The molecule has 0 radical (unpaired) electrons. The van der Waals surface area contributed by atoms with E-state index in [0.29, 0.717) is 22.2 Å². The Bertz CT molecular complexity index is 602. The molecule has 1 aromatic carbocycles. The van der Waals surface area contributed by atoms with Crippen LogP contribution in [0, 0.1) is 0 Å². The summed E-state index contributed by atoms with van der Waals surface area (Å²) < 4.78 is 6.01. The highest BCUT2D eigenvalue weighted by molar-refractivity contribution is 9.10. The minimum atomic E-state index is -0.292. The molecule has 0 bridgehead atoms. The van der Waals surface area contributed by atoms with Gasteiger partial charge in [-0.2, -0.15) is 0 Å². The maximum Gasteiger partial charge on any atom is 0.260 e. The molecular weight excluding hydrogens is 332 g/mol. The van der Waals surface area contributed by atoms with Crippen molar-refractivity contribution in [3.63, 3.8) is 0 Å². The Morgan fingerprint density at radius 2 is 2.16 bits per heavy atom. The molecule has 0 aliphatic heterocycles. The summed E-state index contributed by atoms with van der Waals surface area (Å²) in [6, 6.07) is 8.46. The van der Waals surface area contributed by atoms with E-state index in [1.54, 1.807) is 30.3 Å². The second-order valence-electron chi connectivity index (χ2n) is 3.66. The molecule has 0 saturated heterocycles. The van der Waals surface area contributed by atoms with Gasteiger partial charge in [-0.05, 0) is 30.3 Å². The molecule has 0 fully saturated rings. The van der Waals surface area contributed by atoms with E-state index in [0.717, 1.165) is 4.47 Å². The SMILES string of the molecule is COc1cc(Br)ccc1C(=O)Nc1ccc(Cl)cn1. The fourth-order valence-electron chi connectivity index (χ4n) is 1.49. The van der Waals surface area contributed by atoms with Crippen LogP contribution < -0.4 is 10.1 Å². The van der Waals surface area contributed by atoms with Gasteiger partial charge in [-0.1, -0.05) is 27.5 Å². The molecule has 0 unspecified atom stereocenters. The molecule has 0 atom stereocenters. The number of rotatable bonds is 3. The van der Waals surface area contributed by atoms with Crippen molar-refractivity contribution in [2.45, 2.75) is 0 Å². The first-order valence-corrected chi connectivity index (χ1v) is 6.53. The van der Waals surface area contributed by atoms with E-state index in [1.165, 1.54) is 13.3 Å². The lowest BCUT2D eigenvalue weighted by molar-refractivity contribution is 0.102. The predicted octanol–water partition coefficient (Wildman–Crippen LogP) is 3.76. The van der Waals surface area contributed by atoms with Gasteiger partial charge in [0.15, 0.2) is 0 Å². The molecule has 98 valence electrons. The van der Waals surface area contributed by atoms with Gasteiger partial charge in [0.05, 0.1) is 17.7 Å². The summed E-state index contributed by atoms with van der Waals surface area (Å²) in [5, 5.41) is 3.19. The Morgan fingerprint density at radius 3 is 2.79 bits per heavy atom. The topological polar surface area (TPSA) is 51.2 Å². The van der Waals surface area contributed by atoms with Crippen molar-refractivity contribution in [2.75, 3.05) is 12.4 Å². The average molecular weight is 342 g/mol. The third kappa shape index (κ3) is 3.45. The molecule has 1 amide bonds. The molecule has 0 spiro atoms. The van der Waals surface area contributed by atoms with E-state index < -0.39 is 0 Å². The standard InChI is InChI=1S/C13H10BrClN2O2/c1-19-11-6-8(14)2-4-10(11)13(18)17-12-5-3-9(15)7-16-12/h2-7H,1H3,(H,16,17,18). The number of benzene rings is 1. The Morgan fingerprint density at radius 1 is 1.37 bits per heavy atom. The first-order chi connectivity index (χ1) is 9.10. The Labute approximate surface area is 123 Å². The van der Waals surface area contributed by atoms with Crippen LogP contribution in [0.3, 0.4) is 0 Å². The summed E-state index contributed by atoms with van der Waals surface area (Å²) in [7, 11) is 1.51. The first kappa shape index (κ1) is 13.8. The van der Waals surface area contributed by atoms with Gasteiger partial charge in [0.25, 0.3) is 5.91 Å². The van der Waals surface area contributed by atoms with Crippen molar-refractivity contribution in [1.82, 2.24) is 4.98 Å². The third-order valence-corrected chi connectivity index (χ3v) is 3.09. The zero-order chi connectivity index (χ0) is 13.8. The van der Waals surface area contributed by atoms with Crippen molar-refractivity contribution >= 4 is 39.3 Å². The Hall–Kier alpha value is -1.59. The van der Waals surface area contributed by atoms with Crippen LogP contribution in [0.5, 0.6) is 5.75 Å². The van der Waals surface area contributed by atoms with Crippen LogP contribution in [-0.4, -0.2) is 18.0 Å². The van der Waals surface area contributed by atoms with E-state index in [2.05, 4.69) is 26.2 Å². The maximum absolute atomic E-state index is 12.1. The number of pyridine rings is 1. The number of amides is 1. The normalized spacial score (nSPS) is 10.1. The van der Waals surface area contributed by atoms with Gasteiger partial charge in [-0.3, -0.25) is 4.79 Å². The van der Waals surface area contributed by atoms with Crippen LogP contribution in [0.15, 0.2) is 41.0 Å². The van der Waals surface area contributed by atoms with Gasteiger partial charge >= 0.3 is 0 Å². The van der Waals surface area contributed by atoms with Crippen molar-refractivity contribution in [3.8, 4) is 5.75 Å². The number of halogens is 2. The largest absolute Gasteiger partial charge is 0.496 e. The molecule has 1 aromatic heterocycles. The maximum atomic E-state index is 12.1. The number of anilines is 1. The quantitative estimate of drug-likeness (QED) is 0.925. The number of hydrogen-bond acceptors (Lipinski definition) is 3. The molecule has 4 nitrogen and oxygen atoms in total. The summed E-state index contributed by atoms with van der Waals surface area (Å²) in [5.41, 5.74) is 0.433. The smallest absolute Gasteiger partial charge is 0.260 e. The Balaban J connectivity index is 2.22. The molecular formula is C13H10BrClN2O2. The average Bonchev–Trinajstić information content (AvgIpc) is 2.41. The number of aromatic nitrogens is 1. The predicted molar refractivity (Wildman–Crippen MR) is 77.9 cm³/mol. The van der Waals surface area contributed by atoms with Crippen molar-refractivity contribution in [1.29, 1.82) is 0 Å². The zero-order valence-electron chi connectivity index (χ0n) is 9.98. The highest BCUT2D eigenvalue weighted by Crippen LogP contribution is 2.24. The molecule has 0 aliphatic rings. The van der Waals surface area contributed by atoms with E-state index in [1.807, 2.05) is 0 Å². The van der Waals surface area contributed by atoms with E-state index >= 15 is 0 Å². The van der Waals surface area contributed by atoms with Crippen LogP contribution in [-0.2, 0) is 0 Å². The summed E-state index contributed by atoms with van der Waals surface area (Å²) in [6.07, 6.45) is 1.47. The van der Waals surface area contributed by atoms with E-state index in [9.17, 15) is 4.79 Å². The van der Waals surface area contributed by atoms with Gasteiger partial charge in [0, 0.05) is 10.7 Å². The van der Waals surface area contributed by atoms with Crippen molar-refractivity contribution in [2.24, 2.45) is 0 Å². The number of carbonyl (C=O) groups is 1. The first-order valence-electron chi connectivity index (χ1n) is 5.36. The molecule has 1 heterocycles. The summed E-state index contributed by atoms with van der Waals surface area (Å²) in [4.78, 5) is 16.1. The number of carbonyl (C=O) groups excluding carboxylic acids is 1. The summed E-state index contributed by atoms with van der Waals surface area (Å²) >= 11 is 9.05. The lowest BCUT2D eigenvalue weighted by Gasteiger charge is -2.09. The molecule has 1 N–H and O–H groups in total. The van der Waals surface area contributed by atoms with Crippen molar-refractivity contribution in [3.05, 3.63) is 51.6 Å². The van der Waals surface area contributed by atoms with Crippen LogP contribution in [0.2, 0.25) is 5.02 Å². The lowest BCUT2D eigenvalue weighted by atomic mass is 10.2. The lowest BCUT2D eigenvalue weighted by Crippen LogP contribution is -2.14. The van der Waals surface area contributed by atoms with Gasteiger partial charge in [-0.25, -0.2) is 4.98 Å². The van der Waals surface area contributed by atoms with Crippen LogP contribution in [0.25, 0.3) is 0 Å².